The lowest BCUT2D eigenvalue weighted by molar-refractivity contribution is -0.120. The summed E-state index contributed by atoms with van der Waals surface area (Å²) in [5, 5.41) is 2.54. The summed E-state index contributed by atoms with van der Waals surface area (Å²) in [6, 6.07) is 0. The Labute approximate surface area is 65.9 Å². The molecule has 1 saturated carbocycles. The molecular formula is C8H12OS. The molecule has 1 aliphatic rings. The van der Waals surface area contributed by atoms with E-state index < -0.39 is 0 Å². The summed E-state index contributed by atoms with van der Waals surface area (Å²) in [4.78, 5) is 10.8. The summed E-state index contributed by atoms with van der Waals surface area (Å²) >= 11 is 1.77. The molecule has 2 heteroatoms. The maximum atomic E-state index is 10.8. The van der Waals surface area contributed by atoms with Crippen LogP contribution in [0.5, 0.6) is 0 Å². The van der Waals surface area contributed by atoms with Crippen LogP contribution in [-0.4, -0.2) is 11.0 Å². The Kier molecular flexibility index (Phi) is 3.00. The van der Waals surface area contributed by atoms with E-state index >= 15 is 0 Å². The smallest absolute Gasteiger partial charge is 0.132 e. The van der Waals surface area contributed by atoms with Gasteiger partial charge in [-0.05, 0) is 18.2 Å². The molecule has 10 heavy (non-hydrogen) atoms. The van der Waals surface area contributed by atoms with Crippen molar-refractivity contribution in [3.05, 3.63) is 12.0 Å². The monoisotopic (exact) mass is 156 g/mol. The second-order valence-electron chi connectivity index (χ2n) is 2.54. The van der Waals surface area contributed by atoms with Gasteiger partial charge in [0.05, 0.1) is 0 Å². The Balaban J connectivity index is 2.25. The SMILES string of the molecule is C=CSC1CCC(=O)CC1. The number of ketones is 1. The van der Waals surface area contributed by atoms with E-state index in [1.54, 1.807) is 11.8 Å². The highest BCUT2D eigenvalue weighted by molar-refractivity contribution is 8.02. The average Bonchev–Trinajstić information content (AvgIpc) is 1.95. The largest absolute Gasteiger partial charge is 0.300 e. The van der Waals surface area contributed by atoms with Crippen molar-refractivity contribution >= 4 is 17.5 Å². The molecule has 1 aliphatic carbocycles. The molecule has 0 atom stereocenters. The van der Waals surface area contributed by atoms with Gasteiger partial charge in [0.25, 0.3) is 0 Å². The third-order valence-corrected chi connectivity index (χ3v) is 2.83. The first-order valence-corrected chi connectivity index (χ1v) is 4.55. The zero-order valence-corrected chi connectivity index (χ0v) is 6.82. The summed E-state index contributed by atoms with van der Waals surface area (Å²) in [6.07, 6.45) is 3.67. The fourth-order valence-corrected chi connectivity index (χ4v) is 1.97. The van der Waals surface area contributed by atoms with Crippen LogP contribution in [-0.2, 0) is 4.79 Å². The molecular weight excluding hydrogens is 144 g/mol. The Morgan fingerprint density at radius 1 is 1.50 bits per heavy atom. The van der Waals surface area contributed by atoms with E-state index in [0.717, 1.165) is 25.7 Å². The van der Waals surface area contributed by atoms with Crippen LogP contribution >= 0.6 is 11.8 Å². The molecule has 0 N–H and O–H groups in total. The molecule has 1 fully saturated rings. The predicted octanol–water partition coefficient (Wildman–Crippen LogP) is 2.37. The van der Waals surface area contributed by atoms with Crippen molar-refractivity contribution in [2.24, 2.45) is 0 Å². The highest BCUT2D eigenvalue weighted by Crippen LogP contribution is 2.26. The minimum Gasteiger partial charge on any atom is -0.300 e. The molecule has 1 rings (SSSR count). The van der Waals surface area contributed by atoms with Gasteiger partial charge in [0.15, 0.2) is 0 Å². The number of thioether (sulfide) groups is 1. The molecule has 0 aromatic carbocycles. The second kappa shape index (κ2) is 3.81. The van der Waals surface area contributed by atoms with Gasteiger partial charge in [0.1, 0.15) is 5.78 Å². The standard InChI is InChI=1S/C8H12OS/c1-2-10-8-5-3-7(9)4-6-8/h2,8H,1,3-6H2. The Morgan fingerprint density at radius 3 is 2.60 bits per heavy atom. The van der Waals surface area contributed by atoms with E-state index in [4.69, 9.17) is 0 Å². The molecule has 0 aliphatic heterocycles. The van der Waals surface area contributed by atoms with Crippen LogP contribution in [0.3, 0.4) is 0 Å². The van der Waals surface area contributed by atoms with Crippen LogP contribution in [0.2, 0.25) is 0 Å². The molecule has 0 aromatic heterocycles. The molecule has 0 aromatic rings. The van der Waals surface area contributed by atoms with E-state index in [-0.39, 0.29) is 0 Å². The summed E-state index contributed by atoms with van der Waals surface area (Å²) in [5.74, 6) is 0.431. The van der Waals surface area contributed by atoms with E-state index in [9.17, 15) is 4.79 Å². The van der Waals surface area contributed by atoms with Gasteiger partial charge < -0.3 is 0 Å². The van der Waals surface area contributed by atoms with Crippen LogP contribution in [0.15, 0.2) is 12.0 Å². The third kappa shape index (κ3) is 2.18. The minimum absolute atomic E-state index is 0.431. The van der Waals surface area contributed by atoms with Crippen LogP contribution in [0, 0.1) is 0 Å². The van der Waals surface area contributed by atoms with Crippen LogP contribution < -0.4 is 0 Å². The van der Waals surface area contributed by atoms with Gasteiger partial charge in [-0.3, -0.25) is 4.79 Å². The van der Waals surface area contributed by atoms with Crippen molar-refractivity contribution in [2.75, 3.05) is 0 Å². The maximum Gasteiger partial charge on any atom is 0.132 e. The number of rotatable bonds is 2. The maximum absolute atomic E-state index is 10.8. The van der Waals surface area contributed by atoms with Gasteiger partial charge in [-0.15, -0.1) is 11.8 Å². The quantitative estimate of drug-likeness (QED) is 0.610. The summed E-state index contributed by atoms with van der Waals surface area (Å²) in [5.41, 5.74) is 0. The number of Topliss-reactive ketones (excluding diaryl/α,β-unsaturated/α-hetero) is 1. The third-order valence-electron chi connectivity index (χ3n) is 1.78. The molecule has 0 unspecified atom stereocenters. The van der Waals surface area contributed by atoms with E-state index in [1.807, 2.05) is 5.41 Å². The highest BCUT2D eigenvalue weighted by Gasteiger charge is 2.17. The molecule has 0 radical (unpaired) electrons. The van der Waals surface area contributed by atoms with Crippen molar-refractivity contribution in [3.8, 4) is 0 Å². The van der Waals surface area contributed by atoms with Gasteiger partial charge in [-0.2, -0.15) is 0 Å². The summed E-state index contributed by atoms with van der Waals surface area (Å²) < 4.78 is 0. The first-order chi connectivity index (χ1) is 4.83. The van der Waals surface area contributed by atoms with Gasteiger partial charge in [-0.1, -0.05) is 6.58 Å². The van der Waals surface area contributed by atoms with E-state index in [0.29, 0.717) is 11.0 Å². The number of hydrogen-bond acceptors (Lipinski definition) is 2. The fraction of sp³-hybridized carbons (Fsp3) is 0.625. The molecule has 0 spiro atoms. The normalized spacial score (nSPS) is 21.0. The lowest BCUT2D eigenvalue weighted by Crippen LogP contribution is -2.14. The fourth-order valence-electron chi connectivity index (χ4n) is 1.19. The van der Waals surface area contributed by atoms with Crippen LogP contribution in [0.4, 0.5) is 0 Å². The second-order valence-corrected chi connectivity index (χ2v) is 3.81. The number of carbonyl (C=O) groups excluding carboxylic acids is 1. The van der Waals surface area contributed by atoms with Crippen molar-refractivity contribution in [1.29, 1.82) is 0 Å². The topological polar surface area (TPSA) is 17.1 Å². The minimum atomic E-state index is 0.431. The lowest BCUT2D eigenvalue weighted by Gasteiger charge is -2.17. The highest BCUT2D eigenvalue weighted by atomic mass is 32.2. The van der Waals surface area contributed by atoms with Gasteiger partial charge in [0.2, 0.25) is 0 Å². The zero-order valence-electron chi connectivity index (χ0n) is 6.01. The Morgan fingerprint density at radius 2 is 2.10 bits per heavy atom. The molecule has 0 saturated heterocycles. The first-order valence-electron chi connectivity index (χ1n) is 3.61. The van der Waals surface area contributed by atoms with Crippen molar-refractivity contribution in [1.82, 2.24) is 0 Å². The Bertz CT molecular complexity index is 132. The summed E-state index contributed by atoms with van der Waals surface area (Å²) in [6.45, 7) is 3.65. The van der Waals surface area contributed by atoms with Crippen molar-refractivity contribution < 1.29 is 4.79 Å². The molecule has 56 valence electrons. The van der Waals surface area contributed by atoms with Crippen LogP contribution in [0.25, 0.3) is 0 Å². The van der Waals surface area contributed by atoms with E-state index in [2.05, 4.69) is 6.58 Å². The lowest BCUT2D eigenvalue weighted by atomic mass is 9.99. The first kappa shape index (κ1) is 7.86. The molecule has 0 heterocycles. The summed E-state index contributed by atoms with van der Waals surface area (Å²) in [7, 11) is 0. The predicted molar refractivity (Wildman–Crippen MR) is 45.1 cm³/mol. The van der Waals surface area contributed by atoms with Gasteiger partial charge in [-0.25, -0.2) is 0 Å². The van der Waals surface area contributed by atoms with Gasteiger partial charge in [0, 0.05) is 18.1 Å². The Hall–Kier alpha value is -0.240. The molecule has 0 amide bonds. The number of carbonyl (C=O) groups is 1. The van der Waals surface area contributed by atoms with Crippen LogP contribution in [0.1, 0.15) is 25.7 Å². The zero-order chi connectivity index (χ0) is 7.40. The van der Waals surface area contributed by atoms with Crippen molar-refractivity contribution in [3.63, 3.8) is 0 Å². The van der Waals surface area contributed by atoms with Crippen molar-refractivity contribution in [2.45, 2.75) is 30.9 Å². The molecule has 0 bridgehead atoms. The van der Waals surface area contributed by atoms with Gasteiger partial charge >= 0.3 is 0 Å². The average molecular weight is 156 g/mol. The molecule has 1 nitrogen and oxygen atoms in total. The van der Waals surface area contributed by atoms with E-state index in [1.165, 1.54) is 0 Å². The number of hydrogen-bond donors (Lipinski definition) is 0.